The number of benzene rings is 1. The van der Waals surface area contributed by atoms with Crippen LogP contribution in [-0.2, 0) is 0 Å². The van der Waals surface area contributed by atoms with Gasteiger partial charge in [0.25, 0.3) is 0 Å². The van der Waals surface area contributed by atoms with E-state index in [4.69, 9.17) is 0 Å². The molecule has 1 aromatic rings. The van der Waals surface area contributed by atoms with Crippen molar-refractivity contribution in [3.8, 4) is 0 Å². The maximum atomic E-state index is 3.68. The van der Waals surface area contributed by atoms with Crippen LogP contribution in [0.25, 0.3) is 0 Å². The van der Waals surface area contributed by atoms with Crippen LogP contribution in [0.3, 0.4) is 0 Å². The second kappa shape index (κ2) is 9.44. The Morgan fingerprint density at radius 3 is 2.63 bits per heavy atom. The second-order valence-corrected chi connectivity index (χ2v) is 6.55. The Kier molecular flexibility index (Phi) is 8.24. The highest BCUT2D eigenvalue weighted by Crippen LogP contribution is 2.21. The van der Waals surface area contributed by atoms with Gasteiger partial charge >= 0.3 is 0 Å². The third kappa shape index (κ3) is 6.49. The van der Waals surface area contributed by atoms with Crippen LogP contribution in [0, 0.1) is 12.8 Å². The fraction of sp³-hybridized carbons (Fsp3) is 0.647. The van der Waals surface area contributed by atoms with Crippen molar-refractivity contribution in [3.05, 3.63) is 35.4 Å². The Morgan fingerprint density at radius 1 is 1.21 bits per heavy atom. The minimum atomic E-state index is 0.494. The Bertz CT molecular complexity index is 351. The molecule has 2 atom stereocenters. The average Bonchev–Trinajstić information content (AvgIpc) is 2.42. The van der Waals surface area contributed by atoms with Crippen LogP contribution in [-0.4, -0.2) is 18.1 Å². The molecule has 0 fully saturated rings. The maximum absolute atomic E-state index is 3.68. The molecule has 0 aliphatic heterocycles. The van der Waals surface area contributed by atoms with Crippen LogP contribution in [0.1, 0.15) is 50.8 Å². The third-order valence-corrected chi connectivity index (χ3v) is 4.84. The van der Waals surface area contributed by atoms with Crippen molar-refractivity contribution in [2.24, 2.45) is 5.92 Å². The summed E-state index contributed by atoms with van der Waals surface area (Å²) in [4.78, 5) is 0. The van der Waals surface area contributed by atoms with E-state index in [0.29, 0.717) is 6.04 Å². The molecule has 2 unspecified atom stereocenters. The lowest BCUT2D eigenvalue weighted by atomic mass is 10.1. The first-order valence-electron chi connectivity index (χ1n) is 7.55. The van der Waals surface area contributed by atoms with Gasteiger partial charge in [0.2, 0.25) is 0 Å². The van der Waals surface area contributed by atoms with Gasteiger partial charge in [0.1, 0.15) is 0 Å². The number of hydrogen-bond donors (Lipinski definition) is 1. The molecule has 108 valence electrons. The molecular weight excluding hydrogens is 250 g/mol. The summed E-state index contributed by atoms with van der Waals surface area (Å²) in [6.45, 7) is 10.1. The minimum absolute atomic E-state index is 0.494. The molecule has 0 aliphatic rings. The second-order valence-electron chi connectivity index (χ2n) is 5.47. The zero-order chi connectivity index (χ0) is 14.1. The molecular formula is C17H29NS. The molecule has 2 heteroatoms. The molecule has 1 aromatic carbocycles. The van der Waals surface area contributed by atoms with Gasteiger partial charge in [-0.15, -0.1) is 0 Å². The van der Waals surface area contributed by atoms with E-state index in [0.717, 1.165) is 12.5 Å². The summed E-state index contributed by atoms with van der Waals surface area (Å²) < 4.78 is 0. The van der Waals surface area contributed by atoms with E-state index in [2.05, 4.69) is 69.0 Å². The molecule has 0 spiro atoms. The van der Waals surface area contributed by atoms with Crippen molar-refractivity contribution < 1.29 is 0 Å². The zero-order valence-corrected chi connectivity index (χ0v) is 13.7. The number of thioether (sulfide) groups is 1. The molecule has 1 nitrogen and oxygen atoms in total. The summed E-state index contributed by atoms with van der Waals surface area (Å²) in [5.74, 6) is 3.27. The van der Waals surface area contributed by atoms with Crippen LogP contribution < -0.4 is 5.32 Å². The van der Waals surface area contributed by atoms with Gasteiger partial charge in [-0.1, -0.05) is 57.0 Å². The predicted molar refractivity (Wildman–Crippen MR) is 89.0 cm³/mol. The Hall–Kier alpha value is -0.470. The standard InChI is InChI=1S/C17H29NS/c1-5-10-18-17(13-19-12-14(3)6-2)16-9-7-8-15(4)11-16/h7-9,11,14,17-18H,5-6,10,12-13H2,1-4H3. The molecule has 19 heavy (non-hydrogen) atoms. The molecule has 0 aromatic heterocycles. The van der Waals surface area contributed by atoms with E-state index < -0.39 is 0 Å². The molecule has 0 bridgehead atoms. The molecule has 0 saturated carbocycles. The first-order chi connectivity index (χ1) is 9.17. The normalized spacial score (nSPS) is 14.3. The SMILES string of the molecule is CCCNC(CSCC(C)CC)c1cccc(C)c1. The molecule has 1 rings (SSSR count). The van der Waals surface area contributed by atoms with Gasteiger partial charge in [-0.05, 0) is 37.1 Å². The van der Waals surface area contributed by atoms with E-state index in [1.807, 2.05) is 0 Å². The fourth-order valence-corrected chi connectivity index (χ4v) is 3.30. The highest BCUT2D eigenvalue weighted by Gasteiger charge is 2.11. The number of nitrogens with one attached hydrogen (secondary N) is 1. The van der Waals surface area contributed by atoms with Gasteiger partial charge in [-0.25, -0.2) is 0 Å². The molecule has 1 N–H and O–H groups in total. The van der Waals surface area contributed by atoms with E-state index in [-0.39, 0.29) is 0 Å². The van der Waals surface area contributed by atoms with Crippen molar-refractivity contribution in [2.75, 3.05) is 18.1 Å². The van der Waals surface area contributed by atoms with Crippen LogP contribution in [0.2, 0.25) is 0 Å². The van der Waals surface area contributed by atoms with Gasteiger partial charge in [0.15, 0.2) is 0 Å². The lowest BCUT2D eigenvalue weighted by Gasteiger charge is -2.20. The number of hydrogen-bond acceptors (Lipinski definition) is 2. The van der Waals surface area contributed by atoms with Crippen molar-refractivity contribution in [1.82, 2.24) is 5.32 Å². The predicted octanol–water partition coefficient (Wildman–Crippen LogP) is 4.82. The summed E-state index contributed by atoms with van der Waals surface area (Å²) in [6, 6.07) is 9.41. The highest BCUT2D eigenvalue weighted by atomic mass is 32.2. The molecule has 0 amide bonds. The van der Waals surface area contributed by atoms with E-state index in [1.165, 1.54) is 35.5 Å². The molecule has 0 radical (unpaired) electrons. The highest BCUT2D eigenvalue weighted by molar-refractivity contribution is 7.99. The summed E-state index contributed by atoms with van der Waals surface area (Å²) in [6.07, 6.45) is 2.48. The van der Waals surface area contributed by atoms with E-state index in [1.54, 1.807) is 0 Å². The smallest absolute Gasteiger partial charge is 0.0411 e. The van der Waals surface area contributed by atoms with Crippen LogP contribution in [0.15, 0.2) is 24.3 Å². The first kappa shape index (κ1) is 16.6. The van der Waals surface area contributed by atoms with Gasteiger partial charge in [0.05, 0.1) is 0 Å². The quantitative estimate of drug-likeness (QED) is 0.696. The van der Waals surface area contributed by atoms with Crippen LogP contribution >= 0.6 is 11.8 Å². The van der Waals surface area contributed by atoms with Crippen LogP contribution in [0.5, 0.6) is 0 Å². The summed E-state index contributed by atoms with van der Waals surface area (Å²) in [7, 11) is 0. The van der Waals surface area contributed by atoms with E-state index in [9.17, 15) is 0 Å². The maximum Gasteiger partial charge on any atom is 0.0411 e. The number of rotatable bonds is 9. The largest absolute Gasteiger partial charge is 0.309 e. The van der Waals surface area contributed by atoms with Crippen LogP contribution in [0.4, 0.5) is 0 Å². The minimum Gasteiger partial charge on any atom is -0.309 e. The molecule has 0 aliphatic carbocycles. The van der Waals surface area contributed by atoms with Crippen molar-refractivity contribution in [3.63, 3.8) is 0 Å². The van der Waals surface area contributed by atoms with Crippen molar-refractivity contribution in [1.29, 1.82) is 0 Å². The Labute approximate surface area is 123 Å². The topological polar surface area (TPSA) is 12.0 Å². The summed E-state index contributed by atoms with van der Waals surface area (Å²) in [5.41, 5.74) is 2.79. The van der Waals surface area contributed by atoms with Crippen molar-refractivity contribution >= 4 is 11.8 Å². The van der Waals surface area contributed by atoms with Gasteiger partial charge in [-0.3, -0.25) is 0 Å². The lowest BCUT2D eigenvalue weighted by molar-refractivity contribution is 0.575. The average molecular weight is 279 g/mol. The number of aryl methyl sites for hydroxylation is 1. The zero-order valence-electron chi connectivity index (χ0n) is 12.9. The first-order valence-corrected chi connectivity index (χ1v) is 8.70. The van der Waals surface area contributed by atoms with E-state index >= 15 is 0 Å². The van der Waals surface area contributed by atoms with Gasteiger partial charge in [-0.2, -0.15) is 11.8 Å². The Morgan fingerprint density at radius 2 is 2.00 bits per heavy atom. The van der Waals surface area contributed by atoms with Gasteiger partial charge < -0.3 is 5.32 Å². The van der Waals surface area contributed by atoms with Crippen molar-refractivity contribution in [2.45, 2.75) is 46.6 Å². The summed E-state index contributed by atoms with van der Waals surface area (Å²) >= 11 is 2.08. The monoisotopic (exact) mass is 279 g/mol. The third-order valence-electron chi connectivity index (χ3n) is 3.47. The fourth-order valence-electron chi connectivity index (χ4n) is 1.98. The summed E-state index contributed by atoms with van der Waals surface area (Å²) in [5, 5.41) is 3.68. The molecule has 0 saturated heterocycles. The molecule has 0 heterocycles. The Balaban J connectivity index is 2.56. The lowest BCUT2D eigenvalue weighted by Crippen LogP contribution is -2.24. The van der Waals surface area contributed by atoms with Gasteiger partial charge in [0, 0.05) is 11.8 Å².